The van der Waals surface area contributed by atoms with Gasteiger partial charge in [0.2, 0.25) is 10.0 Å². The third-order valence-corrected chi connectivity index (χ3v) is 6.70. The summed E-state index contributed by atoms with van der Waals surface area (Å²) in [4.78, 5) is 15.4. The first kappa shape index (κ1) is 22.1. The van der Waals surface area contributed by atoms with Crippen LogP contribution in [0.25, 0.3) is 0 Å². The smallest absolute Gasteiger partial charge is 0.254 e. The van der Waals surface area contributed by atoms with Crippen LogP contribution in [0.3, 0.4) is 0 Å². The molecule has 2 aromatic rings. The standard InChI is InChI=1S/C22H28N2O5S/c1-5-23-30(26,27)19-10-6-15(2)20(13-19)22(25)24(17-7-8-17)14-16-12-18(28-3)9-11-21(16)29-4/h6,9-13,17,23H,5,7-8,14H2,1-4H3. The molecule has 8 heteroatoms. The van der Waals surface area contributed by atoms with Gasteiger partial charge in [-0.2, -0.15) is 0 Å². The number of carbonyl (C=O) groups is 1. The lowest BCUT2D eigenvalue weighted by molar-refractivity contribution is 0.0727. The van der Waals surface area contributed by atoms with Crippen molar-refractivity contribution < 1.29 is 22.7 Å². The summed E-state index contributed by atoms with van der Waals surface area (Å²) in [6, 6.07) is 10.3. The molecule has 0 bridgehead atoms. The molecule has 0 aliphatic heterocycles. The van der Waals surface area contributed by atoms with Crippen LogP contribution in [0.1, 0.15) is 41.3 Å². The first-order chi connectivity index (χ1) is 14.3. The summed E-state index contributed by atoms with van der Waals surface area (Å²) in [5.41, 5.74) is 1.97. The maximum Gasteiger partial charge on any atom is 0.254 e. The number of carbonyl (C=O) groups excluding carboxylic acids is 1. The van der Waals surface area contributed by atoms with Crippen LogP contribution in [0, 0.1) is 6.92 Å². The van der Waals surface area contributed by atoms with Crippen LogP contribution < -0.4 is 14.2 Å². The summed E-state index contributed by atoms with van der Waals surface area (Å²) < 4.78 is 38.1. The van der Waals surface area contributed by atoms with Crippen LogP contribution in [-0.4, -0.2) is 46.0 Å². The van der Waals surface area contributed by atoms with Crippen LogP contribution in [0.2, 0.25) is 0 Å². The summed E-state index contributed by atoms with van der Waals surface area (Å²) in [7, 11) is -0.466. The molecule has 0 aromatic heterocycles. The van der Waals surface area contributed by atoms with Gasteiger partial charge in [-0.25, -0.2) is 13.1 Å². The van der Waals surface area contributed by atoms with Crippen LogP contribution in [0.5, 0.6) is 11.5 Å². The van der Waals surface area contributed by atoms with E-state index in [9.17, 15) is 13.2 Å². The molecule has 0 atom stereocenters. The van der Waals surface area contributed by atoms with Gasteiger partial charge < -0.3 is 14.4 Å². The molecule has 0 unspecified atom stereocenters. The Bertz CT molecular complexity index is 1030. The lowest BCUT2D eigenvalue weighted by Gasteiger charge is -2.25. The molecular formula is C22H28N2O5S. The number of nitrogens with one attached hydrogen (secondary N) is 1. The molecule has 7 nitrogen and oxygen atoms in total. The molecule has 1 fully saturated rings. The van der Waals surface area contributed by atoms with Crippen molar-refractivity contribution in [3.8, 4) is 11.5 Å². The third-order valence-electron chi connectivity index (χ3n) is 5.16. The van der Waals surface area contributed by atoms with Crippen molar-refractivity contribution in [2.75, 3.05) is 20.8 Å². The molecule has 0 spiro atoms. The lowest BCUT2D eigenvalue weighted by atomic mass is 10.1. The highest BCUT2D eigenvalue weighted by Crippen LogP contribution is 2.33. The first-order valence-corrected chi connectivity index (χ1v) is 11.4. The Balaban J connectivity index is 1.96. The van der Waals surface area contributed by atoms with Crippen molar-refractivity contribution in [2.24, 2.45) is 0 Å². The van der Waals surface area contributed by atoms with E-state index in [0.29, 0.717) is 23.6 Å². The summed E-state index contributed by atoms with van der Waals surface area (Å²) >= 11 is 0. The quantitative estimate of drug-likeness (QED) is 0.658. The lowest BCUT2D eigenvalue weighted by Crippen LogP contribution is -2.33. The number of rotatable bonds is 9. The fraction of sp³-hybridized carbons (Fsp3) is 0.409. The maximum absolute atomic E-state index is 13.5. The highest BCUT2D eigenvalue weighted by atomic mass is 32.2. The van der Waals surface area contributed by atoms with E-state index < -0.39 is 10.0 Å². The molecule has 0 radical (unpaired) electrons. The molecule has 1 aliphatic carbocycles. The van der Waals surface area contributed by atoms with Gasteiger partial charge in [0.05, 0.1) is 25.7 Å². The normalized spacial score (nSPS) is 13.7. The summed E-state index contributed by atoms with van der Waals surface area (Å²) in [5, 5.41) is 0. The minimum Gasteiger partial charge on any atom is -0.497 e. The van der Waals surface area contributed by atoms with Crippen molar-refractivity contribution in [2.45, 2.75) is 44.2 Å². The number of hydrogen-bond donors (Lipinski definition) is 1. The molecule has 3 rings (SSSR count). The number of hydrogen-bond acceptors (Lipinski definition) is 5. The summed E-state index contributed by atoms with van der Waals surface area (Å²) in [6.45, 7) is 4.17. The van der Waals surface area contributed by atoms with Gasteiger partial charge in [-0.15, -0.1) is 0 Å². The highest BCUT2D eigenvalue weighted by molar-refractivity contribution is 7.89. The zero-order valence-corrected chi connectivity index (χ0v) is 18.6. The van der Waals surface area contributed by atoms with Gasteiger partial charge in [0.1, 0.15) is 11.5 Å². The molecule has 1 N–H and O–H groups in total. The van der Waals surface area contributed by atoms with Crippen molar-refractivity contribution in [3.63, 3.8) is 0 Å². The van der Waals surface area contributed by atoms with Crippen molar-refractivity contribution >= 4 is 15.9 Å². The van der Waals surface area contributed by atoms with E-state index in [-0.39, 0.29) is 23.4 Å². The summed E-state index contributed by atoms with van der Waals surface area (Å²) in [5.74, 6) is 1.17. The zero-order valence-electron chi connectivity index (χ0n) is 17.8. The average Bonchev–Trinajstić information content (AvgIpc) is 3.56. The summed E-state index contributed by atoms with van der Waals surface area (Å²) in [6.07, 6.45) is 1.85. The second-order valence-electron chi connectivity index (χ2n) is 7.32. The number of methoxy groups -OCH3 is 2. The number of aryl methyl sites for hydroxylation is 1. The number of sulfonamides is 1. The number of amides is 1. The molecule has 0 saturated heterocycles. The minimum absolute atomic E-state index is 0.0907. The van der Waals surface area contributed by atoms with Crippen LogP contribution >= 0.6 is 0 Å². The minimum atomic E-state index is -3.65. The molecule has 30 heavy (non-hydrogen) atoms. The van der Waals surface area contributed by atoms with E-state index in [0.717, 1.165) is 24.0 Å². The zero-order chi connectivity index (χ0) is 21.9. The Morgan fingerprint density at radius 3 is 2.47 bits per heavy atom. The Labute approximate surface area is 178 Å². The van der Waals surface area contributed by atoms with E-state index in [2.05, 4.69) is 4.72 Å². The molecule has 2 aromatic carbocycles. The Morgan fingerprint density at radius 2 is 1.87 bits per heavy atom. The Morgan fingerprint density at radius 1 is 1.13 bits per heavy atom. The SMILES string of the molecule is CCNS(=O)(=O)c1ccc(C)c(C(=O)N(Cc2cc(OC)ccc2OC)C2CC2)c1. The second kappa shape index (κ2) is 9.06. The Kier molecular flexibility index (Phi) is 6.67. The van der Waals surface area contributed by atoms with Gasteiger partial charge in [-0.3, -0.25) is 4.79 Å². The van der Waals surface area contributed by atoms with Crippen molar-refractivity contribution in [3.05, 3.63) is 53.1 Å². The van der Waals surface area contributed by atoms with E-state index in [1.807, 2.05) is 25.1 Å². The fourth-order valence-corrected chi connectivity index (χ4v) is 4.44. The number of benzene rings is 2. The van der Waals surface area contributed by atoms with E-state index in [4.69, 9.17) is 9.47 Å². The molecule has 1 amide bonds. The molecule has 0 heterocycles. The predicted octanol–water partition coefficient (Wildman–Crippen LogP) is 3.12. The van der Waals surface area contributed by atoms with Gasteiger partial charge in [0, 0.05) is 23.7 Å². The molecule has 1 aliphatic rings. The van der Waals surface area contributed by atoms with E-state index in [1.54, 1.807) is 32.1 Å². The third kappa shape index (κ3) is 4.76. The molecular weight excluding hydrogens is 404 g/mol. The van der Waals surface area contributed by atoms with Crippen LogP contribution in [0.15, 0.2) is 41.3 Å². The van der Waals surface area contributed by atoms with Crippen molar-refractivity contribution in [1.29, 1.82) is 0 Å². The highest BCUT2D eigenvalue weighted by Gasteiger charge is 2.34. The fourth-order valence-electron chi connectivity index (χ4n) is 3.37. The van der Waals surface area contributed by atoms with E-state index in [1.165, 1.54) is 12.1 Å². The largest absolute Gasteiger partial charge is 0.497 e. The molecule has 162 valence electrons. The first-order valence-electron chi connectivity index (χ1n) is 9.93. The average molecular weight is 433 g/mol. The van der Waals surface area contributed by atoms with Gasteiger partial charge in [-0.05, 0) is 55.7 Å². The van der Waals surface area contributed by atoms with Gasteiger partial charge in [0.15, 0.2) is 0 Å². The van der Waals surface area contributed by atoms with Crippen LogP contribution in [0.4, 0.5) is 0 Å². The van der Waals surface area contributed by atoms with Crippen LogP contribution in [-0.2, 0) is 16.6 Å². The monoisotopic (exact) mass is 432 g/mol. The van der Waals surface area contributed by atoms with Crippen molar-refractivity contribution in [1.82, 2.24) is 9.62 Å². The second-order valence-corrected chi connectivity index (χ2v) is 9.09. The predicted molar refractivity (Wildman–Crippen MR) is 114 cm³/mol. The van der Waals surface area contributed by atoms with E-state index >= 15 is 0 Å². The number of ether oxygens (including phenoxy) is 2. The maximum atomic E-state index is 13.5. The Hall–Kier alpha value is -2.58. The molecule has 1 saturated carbocycles. The topological polar surface area (TPSA) is 84.9 Å². The van der Waals surface area contributed by atoms with Gasteiger partial charge >= 0.3 is 0 Å². The van der Waals surface area contributed by atoms with Gasteiger partial charge in [-0.1, -0.05) is 13.0 Å². The van der Waals surface area contributed by atoms with Gasteiger partial charge in [0.25, 0.3) is 5.91 Å². The number of nitrogens with zero attached hydrogens (tertiary/aromatic N) is 1.